The Balaban J connectivity index is 2.56. The highest BCUT2D eigenvalue weighted by Crippen LogP contribution is 2.22. The first-order valence-electron chi connectivity index (χ1n) is 5.57. The maximum absolute atomic E-state index is 11.1. The average molecular weight is 215 g/mol. The molecule has 0 aromatic heterocycles. The number of carbonyl (C=O) groups is 1. The summed E-state index contributed by atoms with van der Waals surface area (Å²) in [5.41, 5.74) is 0. The minimum Gasteiger partial charge on any atom is -0.444 e. The highest BCUT2D eigenvalue weighted by molar-refractivity contribution is 5.70. The Hall–Kier alpha value is -0.770. The van der Waals surface area contributed by atoms with Crippen molar-refractivity contribution < 1.29 is 14.6 Å². The van der Waals surface area contributed by atoms with Gasteiger partial charge in [-0.05, 0) is 11.8 Å². The molecule has 1 rings (SSSR count). The Labute approximate surface area is 91.0 Å². The summed E-state index contributed by atoms with van der Waals surface area (Å²) in [6.07, 6.45) is -0.465. The minimum absolute atomic E-state index is 0.0194. The number of rotatable bonds is 4. The van der Waals surface area contributed by atoms with E-state index in [1.54, 1.807) is 0 Å². The molecule has 0 unspecified atom stereocenters. The van der Waals surface area contributed by atoms with Crippen LogP contribution in [-0.2, 0) is 4.74 Å². The van der Waals surface area contributed by atoms with Crippen molar-refractivity contribution in [2.24, 2.45) is 11.8 Å². The lowest BCUT2D eigenvalue weighted by molar-refractivity contribution is 0.0461. The van der Waals surface area contributed by atoms with Crippen LogP contribution in [0.2, 0.25) is 0 Å². The summed E-state index contributed by atoms with van der Waals surface area (Å²) in [4.78, 5) is 11.1. The lowest BCUT2D eigenvalue weighted by Crippen LogP contribution is -2.38. The molecule has 1 saturated heterocycles. The van der Waals surface area contributed by atoms with Gasteiger partial charge in [-0.1, -0.05) is 27.7 Å². The second-order valence-electron chi connectivity index (χ2n) is 4.90. The fraction of sp³-hybridized carbons (Fsp3) is 0.909. The van der Waals surface area contributed by atoms with Crippen LogP contribution in [0.5, 0.6) is 0 Å². The molecule has 1 aliphatic rings. The third-order valence-corrected chi connectivity index (χ3v) is 2.91. The lowest BCUT2D eigenvalue weighted by atomic mass is 9.92. The number of alkyl carbamates (subject to hydrolysis) is 1. The maximum atomic E-state index is 11.1. The minimum atomic E-state index is -0.413. The van der Waals surface area contributed by atoms with Crippen LogP contribution in [0.3, 0.4) is 0 Å². The molecule has 0 radical (unpaired) electrons. The van der Waals surface area contributed by atoms with Crippen molar-refractivity contribution in [1.29, 1.82) is 0 Å². The molecule has 1 amide bonds. The number of aliphatic hydroxyl groups excluding tert-OH is 1. The van der Waals surface area contributed by atoms with Gasteiger partial charge >= 0.3 is 6.09 Å². The van der Waals surface area contributed by atoms with Crippen LogP contribution in [0.1, 0.15) is 34.1 Å². The zero-order valence-corrected chi connectivity index (χ0v) is 9.86. The number of hydrogen-bond donors (Lipinski definition) is 2. The first-order chi connectivity index (χ1) is 6.91. The summed E-state index contributed by atoms with van der Waals surface area (Å²) in [5.74, 6) is 0.512. The van der Waals surface area contributed by atoms with Crippen LogP contribution in [0.25, 0.3) is 0 Å². The first kappa shape index (κ1) is 12.3. The van der Waals surface area contributed by atoms with Crippen molar-refractivity contribution in [3.63, 3.8) is 0 Å². The predicted octanol–water partition coefficient (Wildman–Crippen LogP) is 1.53. The largest absolute Gasteiger partial charge is 0.444 e. The molecule has 0 aromatic carbocycles. The van der Waals surface area contributed by atoms with Gasteiger partial charge in [0.05, 0.1) is 12.1 Å². The van der Waals surface area contributed by atoms with E-state index in [2.05, 4.69) is 5.32 Å². The Morgan fingerprint density at radius 3 is 2.47 bits per heavy atom. The summed E-state index contributed by atoms with van der Waals surface area (Å²) >= 11 is 0. The lowest BCUT2D eigenvalue weighted by Gasteiger charge is -2.23. The van der Waals surface area contributed by atoms with Crippen molar-refractivity contribution in [3.05, 3.63) is 0 Å². The molecular weight excluding hydrogens is 194 g/mol. The summed E-state index contributed by atoms with van der Waals surface area (Å²) in [6.45, 7) is 7.99. The van der Waals surface area contributed by atoms with Gasteiger partial charge in [0, 0.05) is 6.42 Å². The van der Waals surface area contributed by atoms with Crippen molar-refractivity contribution in [1.82, 2.24) is 5.32 Å². The molecule has 1 heterocycles. The monoisotopic (exact) mass is 215 g/mol. The van der Waals surface area contributed by atoms with Gasteiger partial charge in [0.2, 0.25) is 0 Å². The molecule has 0 saturated carbocycles. The van der Waals surface area contributed by atoms with Crippen molar-refractivity contribution in [2.45, 2.75) is 52.4 Å². The normalized spacial score (nSPS) is 28.1. The first-order valence-corrected chi connectivity index (χ1v) is 5.57. The standard InChI is InChI=1S/C11H21NO3/c1-6(2)8(13)5-9-10(7(3)4)12-11(14)15-9/h6-10,13H,5H2,1-4H3,(H,12,14)/t8-,9+,10-/m0/s1. The smallest absolute Gasteiger partial charge is 0.407 e. The van der Waals surface area contributed by atoms with E-state index in [0.717, 1.165) is 0 Å². The molecule has 4 nitrogen and oxygen atoms in total. The van der Waals surface area contributed by atoms with Gasteiger partial charge in [0.25, 0.3) is 0 Å². The quantitative estimate of drug-likeness (QED) is 0.747. The zero-order chi connectivity index (χ0) is 11.6. The summed E-state index contributed by atoms with van der Waals surface area (Å²) < 4.78 is 5.15. The van der Waals surface area contributed by atoms with Gasteiger partial charge in [-0.2, -0.15) is 0 Å². The zero-order valence-electron chi connectivity index (χ0n) is 9.86. The number of cyclic esters (lactones) is 1. The van der Waals surface area contributed by atoms with Crippen molar-refractivity contribution >= 4 is 6.09 Å². The fourth-order valence-electron chi connectivity index (χ4n) is 1.77. The fourth-order valence-corrected chi connectivity index (χ4v) is 1.77. The number of ether oxygens (including phenoxy) is 1. The Kier molecular flexibility index (Phi) is 3.97. The van der Waals surface area contributed by atoms with Crippen LogP contribution in [-0.4, -0.2) is 29.4 Å². The second kappa shape index (κ2) is 4.84. The van der Waals surface area contributed by atoms with Crippen LogP contribution in [0.15, 0.2) is 0 Å². The van der Waals surface area contributed by atoms with E-state index in [-0.39, 0.29) is 24.2 Å². The van der Waals surface area contributed by atoms with E-state index in [1.807, 2.05) is 27.7 Å². The van der Waals surface area contributed by atoms with Crippen LogP contribution >= 0.6 is 0 Å². The van der Waals surface area contributed by atoms with E-state index in [0.29, 0.717) is 12.3 Å². The van der Waals surface area contributed by atoms with Gasteiger partial charge in [-0.15, -0.1) is 0 Å². The van der Waals surface area contributed by atoms with Crippen molar-refractivity contribution in [3.8, 4) is 0 Å². The molecule has 4 heteroatoms. The van der Waals surface area contributed by atoms with Gasteiger partial charge in [-0.3, -0.25) is 0 Å². The molecule has 0 aliphatic carbocycles. The van der Waals surface area contributed by atoms with E-state index < -0.39 is 6.10 Å². The third-order valence-electron chi connectivity index (χ3n) is 2.91. The molecule has 0 bridgehead atoms. The third kappa shape index (κ3) is 3.09. The predicted molar refractivity (Wildman–Crippen MR) is 57.5 cm³/mol. The highest BCUT2D eigenvalue weighted by Gasteiger charge is 2.37. The van der Waals surface area contributed by atoms with Crippen LogP contribution < -0.4 is 5.32 Å². The SMILES string of the molecule is CC(C)[C@@H](O)C[C@H]1OC(=O)N[C@H]1C(C)C. The Morgan fingerprint density at radius 1 is 1.40 bits per heavy atom. The topological polar surface area (TPSA) is 58.6 Å². The summed E-state index contributed by atoms with van der Waals surface area (Å²) in [6, 6.07) is 0.0194. The molecule has 1 fully saturated rings. The Morgan fingerprint density at radius 2 is 2.00 bits per heavy atom. The number of nitrogens with one attached hydrogen (secondary N) is 1. The molecule has 15 heavy (non-hydrogen) atoms. The molecule has 0 spiro atoms. The van der Waals surface area contributed by atoms with E-state index in [1.165, 1.54) is 0 Å². The highest BCUT2D eigenvalue weighted by atomic mass is 16.6. The summed E-state index contributed by atoms with van der Waals surface area (Å²) in [5, 5.41) is 12.5. The van der Waals surface area contributed by atoms with Gasteiger partial charge in [-0.25, -0.2) is 4.79 Å². The van der Waals surface area contributed by atoms with Gasteiger partial charge in [0.1, 0.15) is 6.10 Å². The second-order valence-corrected chi connectivity index (χ2v) is 4.90. The van der Waals surface area contributed by atoms with Gasteiger partial charge < -0.3 is 15.2 Å². The number of carbonyl (C=O) groups excluding carboxylic acids is 1. The molecule has 2 N–H and O–H groups in total. The Bertz CT molecular complexity index is 228. The van der Waals surface area contributed by atoms with Crippen LogP contribution in [0, 0.1) is 11.8 Å². The van der Waals surface area contributed by atoms with E-state index >= 15 is 0 Å². The molecule has 88 valence electrons. The number of aliphatic hydroxyl groups is 1. The van der Waals surface area contributed by atoms with Gasteiger partial charge in [0.15, 0.2) is 0 Å². The molecular formula is C11H21NO3. The summed E-state index contributed by atoms with van der Waals surface area (Å²) in [7, 11) is 0. The molecule has 1 aliphatic heterocycles. The van der Waals surface area contributed by atoms with E-state index in [4.69, 9.17) is 4.74 Å². The van der Waals surface area contributed by atoms with E-state index in [9.17, 15) is 9.90 Å². The number of amides is 1. The van der Waals surface area contributed by atoms with Crippen LogP contribution in [0.4, 0.5) is 4.79 Å². The maximum Gasteiger partial charge on any atom is 0.407 e. The molecule has 0 aromatic rings. The van der Waals surface area contributed by atoms with Crippen molar-refractivity contribution in [2.75, 3.05) is 0 Å². The average Bonchev–Trinajstić information content (AvgIpc) is 2.46. The number of hydrogen-bond acceptors (Lipinski definition) is 3. The molecule has 3 atom stereocenters.